The number of hydrogen-bond donors (Lipinski definition) is 2. The molecule has 0 saturated heterocycles. The van der Waals surface area contributed by atoms with Crippen LogP contribution in [0.4, 0.5) is 5.13 Å². The molecule has 0 unspecified atom stereocenters. The molecule has 0 bridgehead atoms. The molecule has 1 saturated carbocycles. The molecule has 2 aromatic rings. The highest BCUT2D eigenvalue weighted by Crippen LogP contribution is 2.50. The molecule has 1 heterocycles. The number of thiazole rings is 1. The van der Waals surface area contributed by atoms with Crippen molar-refractivity contribution in [3.63, 3.8) is 0 Å². The molecular weight excluding hydrogens is 366 g/mol. The van der Waals surface area contributed by atoms with Crippen molar-refractivity contribution < 1.29 is 9.59 Å². The Morgan fingerprint density at radius 1 is 1.36 bits per heavy atom. The quantitative estimate of drug-likeness (QED) is 0.836. The zero-order valence-electron chi connectivity index (χ0n) is 11.6. The summed E-state index contributed by atoms with van der Waals surface area (Å²) in [6, 6.07) is 7.91. The molecule has 0 spiro atoms. The predicted molar refractivity (Wildman–Crippen MR) is 88.8 cm³/mol. The smallest absolute Gasteiger partial charge is 0.260 e. The minimum absolute atomic E-state index is 0.0476. The Bertz CT molecular complexity index is 740. The Kier molecular flexibility index (Phi) is 4.01. The Hall–Kier alpha value is -1.73. The maximum Gasteiger partial charge on any atom is 0.260 e. The zero-order valence-corrected chi connectivity index (χ0v) is 14.0. The molecule has 3 N–H and O–H groups in total. The van der Waals surface area contributed by atoms with Crippen LogP contribution in [0.2, 0.25) is 0 Å². The van der Waals surface area contributed by atoms with Gasteiger partial charge in [-0.3, -0.25) is 9.59 Å². The first-order valence-electron chi connectivity index (χ1n) is 6.81. The lowest BCUT2D eigenvalue weighted by Crippen LogP contribution is -2.26. The fourth-order valence-corrected chi connectivity index (χ4v) is 3.41. The van der Waals surface area contributed by atoms with Gasteiger partial charge in [0.15, 0.2) is 5.13 Å². The van der Waals surface area contributed by atoms with Crippen molar-refractivity contribution >= 4 is 44.2 Å². The monoisotopic (exact) mass is 379 g/mol. The molecule has 22 heavy (non-hydrogen) atoms. The maximum absolute atomic E-state index is 12.5. The third-order valence-corrected chi connectivity index (χ3v) is 5.49. The Morgan fingerprint density at radius 2 is 2.09 bits per heavy atom. The normalized spacial score (nSPS) is 15.3. The Labute approximate surface area is 140 Å². The van der Waals surface area contributed by atoms with Crippen molar-refractivity contribution in [2.75, 3.05) is 5.32 Å². The number of benzene rings is 1. The minimum atomic E-state index is -0.535. The van der Waals surface area contributed by atoms with E-state index in [-0.39, 0.29) is 11.3 Å². The van der Waals surface area contributed by atoms with Gasteiger partial charge in [0.2, 0.25) is 5.91 Å². The van der Waals surface area contributed by atoms with Crippen molar-refractivity contribution in [2.45, 2.75) is 19.3 Å². The van der Waals surface area contributed by atoms with E-state index >= 15 is 0 Å². The number of carbonyl (C=O) groups is 2. The predicted octanol–water partition coefficient (Wildman–Crippen LogP) is 2.97. The third kappa shape index (κ3) is 3.05. The molecule has 2 amide bonds. The van der Waals surface area contributed by atoms with E-state index < -0.39 is 5.91 Å². The van der Waals surface area contributed by atoms with E-state index in [1.165, 1.54) is 6.20 Å². The molecule has 7 heteroatoms. The summed E-state index contributed by atoms with van der Waals surface area (Å²) in [5.74, 6) is -0.582. The summed E-state index contributed by atoms with van der Waals surface area (Å²) in [5, 5.41) is 3.22. The van der Waals surface area contributed by atoms with E-state index in [1.807, 2.05) is 24.3 Å². The van der Waals surface area contributed by atoms with Gasteiger partial charge in [-0.05, 0) is 30.9 Å². The van der Waals surface area contributed by atoms with Crippen molar-refractivity contribution in [3.05, 3.63) is 45.4 Å². The van der Waals surface area contributed by atoms with Gasteiger partial charge >= 0.3 is 0 Å². The molecule has 1 fully saturated rings. The molecule has 114 valence electrons. The van der Waals surface area contributed by atoms with E-state index in [1.54, 1.807) is 0 Å². The second kappa shape index (κ2) is 5.81. The number of amides is 2. The van der Waals surface area contributed by atoms with Gasteiger partial charge in [0, 0.05) is 4.47 Å². The fraction of sp³-hybridized carbons (Fsp3) is 0.267. The lowest BCUT2D eigenvalue weighted by Gasteiger charge is -2.15. The van der Waals surface area contributed by atoms with E-state index in [0.717, 1.165) is 34.2 Å². The van der Waals surface area contributed by atoms with Crippen LogP contribution in [0.15, 0.2) is 34.9 Å². The standard InChI is InChI=1S/C15H14BrN3O2S/c16-10-4-2-1-3-9(10)7-15(5-6-15)13(21)19-14-18-8-11(22-14)12(17)20/h1-4,8H,5-7H2,(H2,17,20)(H,18,19,21). The molecule has 0 atom stereocenters. The van der Waals surface area contributed by atoms with Crippen LogP contribution >= 0.6 is 27.3 Å². The summed E-state index contributed by atoms with van der Waals surface area (Å²) in [6.45, 7) is 0. The molecule has 0 radical (unpaired) electrons. The minimum Gasteiger partial charge on any atom is -0.365 e. The van der Waals surface area contributed by atoms with Crippen LogP contribution in [0.25, 0.3) is 0 Å². The largest absolute Gasteiger partial charge is 0.365 e. The summed E-state index contributed by atoms with van der Waals surface area (Å²) in [4.78, 5) is 27.9. The van der Waals surface area contributed by atoms with Crippen molar-refractivity contribution in [3.8, 4) is 0 Å². The summed E-state index contributed by atoms with van der Waals surface area (Å²) in [5.41, 5.74) is 5.93. The number of nitrogens with one attached hydrogen (secondary N) is 1. The number of nitrogens with two attached hydrogens (primary N) is 1. The van der Waals surface area contributed by atoms with Gasteiger partial charge in [-0.15, -0.1) is 0 Å². The number of carbonyl (C=O) groups excluding carboxylic acids is 2. The van der Waals surface area contributed by atoms with Gasteiger partial charge in [-0.2, -0.15) is 0 Å². The highest BCUT2D eigenvalue weighted by Gasteiger charge is 2.50. The van der Waals surface area contributed by atoms with E-state index in [4.69, 9.17) is 5.73 Å². The number of primary amides is 1. The second-order valence-corrected chi connectivity index (χ2v) is 7.28. The summed E-state index contributed by atoms with van der Waals surface area (Å²) in [7, 11) is 0. The zero-order chi connectivity index (χ0) is 15.7. The van der Waals surface area contributed by atoms with Gasteiger partial charge in [0.05, 0.1) is 11.6 Å². The van der Waals surface area contributed by atoms with Gasteiger partial charge < -0.3 is 11.1 Å². The van der Waals surface area contributed by atoms with Gasteiger partial charge in [-0.25, -0.2) is 4.98 Å². The van der Waals surface area contributed by atoms with Crippen LogP contribution in [0.1, 0.15) is 28.1 Å². The van der Waals surface area contributed by atoms with Crippen LogP contribution in [-0.2, 0) is 11.2 Å². The highest BCUT2D eigenvalue weighted by atomic mass is 79.9. The molecule has 5 nitrogen and oxygen atoms in total. The first kappa shape index (κ1) is 15.2. The highest BCUT2D eigenvalue weighted by molar-refractivity contribution is 9.10. The number of hydrogen-bond acceptors (Lipinski definition) is 4. The molecule has 1 aliphatic rings. The van der Waals surface area contributed by atoms with Crippen molar-refractivity contribution in [1.29, 1.82) is 0 Å². The second-order valence-electron chi connectivity index (χ2n) is 5.40. The summed E-state index contributed by atoms with van der Waals surface area (Å²) < 4.78 is 1.01. The van der Waals surface area contributed by atoms with Crippen LogP contribution in [0, 0.1) is 5.41 Å². The van der Waals surface area contributed by atoms with Crippen LogP contribution in [-0.4, -0.2) is 16.8 Å². The first-order valence-corrected chi connectivity index (χ1v) is 8.42. The summed E-state index contributed by atoms with van der Waals surface area (Å²) in [6.07, 6.45) is 3.78. The third-order valence-electron chi connectivity index (χ3n) is 3.79. The van der Waals surface area contributed by atoms with E-state index in [0.29, 0.717) is 16.4 Å². The van der Waals surface area contributed by atoms with E-state index in [9.17, 15) is 9.59 Å². The summed E-state index contributed by atoms with van der Waals surface area (Å²) >= 11 is 4.61. The average Bonchev–Trinajstić information content (AvgIpc) is 3.11. The number of aromatic nitrogens is 1. The molecule has 1 aromatic heterocycles. The van der Waals surface area contributed by atoms with Gasteiger partial charge in [-0.1, -0.05) is 45.5 Å². The lowest BCUT2D eigenvalue weighted by atomic mass is 9.95. The number of anilines is 1. The van der Waals surface area contributed by atoms with Gasteiger partial charge in [0.25, 0.3) is 5.91 Å². The lowest BCUT2D eigenvalue weighted by molar-refractivity contribution is -0.121. The topological polar surface area (TPSA) is 85.1 Å². The van der Waals surface area contributed by atoms with Crippen LogP contribution in [0.5, 0.6) is 0 Å². The molecular formula is C15H14BrN3O2S. The fourth-order valence-electron chi connectivity index (χ4n) is 2.32. The average molecular weight is 380 g/mol. The molecule has 0 aliphatic heterocycles. The van der Waals surface area contributed by atoms with E-state index in [2.05, 4.69) is 26.2 Å². The number of rotatable bonds is 5. The first-order chi connectivity index (χ1) is 10.5. The number of halogens is 1. The van der Waals surface area contributed by atoms with Crippen molar-refractivity contribution in [2.24, 2.45) is 11.1 Å². The van der Waals surface area contributed by atoms with Gasteiger partial charge in [0.1, 0.15) is 4.88 Å². The van der Waals surface area contributed by atoms with Crippen LogP contribution in [0.3, 0.4) is 0 Å². The Balaban J connectivity index is 1.71. The Morgan fingerprint density at radius 3 is 2.68 bits per heavy atom. The SMILES string of the molecule is NC(=O)c1cnc(NC(=O)C2(Cc3ccccc3Br)CC2)s1. The maximum atomic E-state index is 12.5. The molecule has 1 aromatic carbocycles. The van der Waals surface area contributed by atoms with Crippen molar-refractivity contribution in [1.82, 2.24) is 4.98 Å². The molecule has 3 rings (SSSR count). The number of nitrogens with zero attached hydrogens (tertiary/aromatic N) is 1. The van der Waals surface area contributed by atoms with Crippen LogP contribution < -0.4 is 11.1 Å². The molecule has 1 aliphatic carbocycles.